The molecule has 0 saturated carbocycles. The van der Waals surface area contributed by atoms with Crippen LogP contribution in [0.15, 0.2) is 0 Å². The van der Waals surface area contributed by atoms with Crippen LogP contribution in [0.5, 0.6) is 0 Å². The van der Waals surface area contributed by atoms with Crippen molar-refractivity contribution < 1.29 is 30.0 Å². The molecule has 88 valence electrons. The van der Waals surface area contributed by atoms with Crippen LogP contribution in [0.3, 0.4) is 0 Å². The number of carbonyl (C=O) groups is 2. The van der Waals surface area contributed by atoms with Crippen molar-refractivity contribution in [3.8, 4) is 0 Å². The molecule has 2 unspecified atom stereocenters. The Morgan fingerprint density at radius 3 is 1.87 bits per heavy atom. The standard InChI is InChI=1S/C8H14O6S/c1-3(15)5(11)7(13)8(14)6(12)4(10)2-9/h3-6,9-12,15H,2H2,1H3/t3?,4-,5?,6+/m1/s1. The summed E-state index contributed by atoms with van der Waals surface area (Å²) in [6.07, 6.45) is -5.39. The number of rotatable bonds is 6. The van der Waals surface area contributed by atoms with E-state index in [0.29, 0.717) is 0 Å². The normalized spacial score (nSPS) is 19.1. The smallest absolute Gasteiger partial charge is 0.232 e. The molecule has 0 aliphatic heterocycles. The molecule has 0 rings (SSSR count). The van der Waals surface area contributed by atoms with Gasteiger partial charge in [0.2, 0.25) is 11.6 Å². The number of aliphatic hydroxyl groups is 4. The summed E-state index contributed by atoms with van der Waals surface area (Å²) in [5.41, 5.74) is 0. The molecule has 0 aliphatic carbocycles. The number of ketones is 2. The van der Waals surface area contributed by atoms with E-state index in [4.69, 9.17) is 20.4 Å². The van der Waals surface area contributed by atoms with Gasteiger partial charge in [0.15, 0.2) is 0 Å². The van der Waals surface area contributed by atoms with E-state index < -0.39 is 41.7 Å². The monoisotopic (exact) mass is 238 g/mol. The Balaban J connectivity index is 4.51. The second kappa shape index (κ2) is 6.19. The van der Waals surface area contributed by atoms with Gasteiger partial charge >= 0.3 is 0 Å². The molecule has 0 aromatic heterocycles. The number of Topliss-reactive ketones (excluding diaryl/α,β-unsaturated/α-hetero) is 2. The Morgan fingerprint density at radius 1 is 1.13 bits per heavy atom. The summed E-state index contributed by atoms with van der Waals surface area (Å²) >= 11 is 3.75. The Hall–Kier alpha value is -0.470. The minimum atomic E-state index is -2.02. The first-order valence-electron chi connectivity index (χ1n) is 4.24. The molecule has 0 aliphatic rings. The third-order valence-electron chi connectivity index (χ3n) is 1.79. The highest BCUT2D eigenvalue weighted by molar-refractivity contribution is 7.81. The van der Waals surface area contributed by atoms with E-state index in [1.807, 2.05) is 0 Å². The maximum Gasteiger partial charge on any atom is 0.232 e. The van der Waals surface area contributed by atoms with Crippen LogP contribution < -0.4 is 0 Å². The summed E-state index contributed by atoms with van der Waals surface area (Å²) in [4.78, 5) is 22.3. The zero-order valence-electron chi connectivity index (χ0n) is 8.07. The number of carbonyl (C=O) groups excluding carboxylic acids is 2. The van der Waals surface area contributed by atoms with E-state index in [2.05, 4.69) is 12.6 Å². The van der Waals surface area contributed by atoms with E-state index in [9.17, 15) is 9.59 Å². The average molecular weight is 238 g/mol. The molecule has 0 spiro atoms. The SMILES string of the molecule is CC(S)C(O)C(=O)C(=O)[C@@H](O)[C@H](O)CO. The van der Waals surface area contributed by atoms with Crippen molar-refractivity contribution in [1.82, 2.24) is 0 Å². The van der Waals surface area contributed by atoms with Gasteiger partial charge in [-0.15, -0.1) is 0 Å². The molecule has 6 nitrogen and oxygen atoms in total. The van der Waals surface area contributed by atoms with Crippen molar-refractivity contribution in [3.05, 3.63) is 0 Å². The summed E-state index contributed by atoms with van der Waals surface area (Å²) in [6.45, 7) is 0.542. The van der Waals surface area contributed by atoms with Gasteiger partial charge in [0.25, 0.3) is 0 Å². The van der Waals surface area contributed by atoms with Gasteiger partial charge in [0.05, 0.1) is 6.61 Å². The van der Waals surface area contributed by atoms with Crippen molar-refractivity contribution in [1.29, 1.82) is 0 Å². The molecular formula is C8H14O6S. The van der Waals surface area contributed by atoms with E-state index in [1.165, 1.54) is 6.92 Å². The first-order valence-corrected chi connectivity index (χ1v) is 4.75. The van der Waals surface area contributed by atoms with Gasteiger partial charge in [-0.25, -0.2) is 0 Å². The third kappa shape index (κ3) is 3.88. The molecule has 0 radical (unpaired) electrons. The quantitative estimate of drug-likeness (QED) is 0.258. The lowest BCUT2D eigenvalue weighted by molar-refractivity contribution is -0.150. The zero-order valence-corrected chi connectivity index (χ0v) is 8.96. The van der Waals surface area contributed by atoms with Gasteiger partial charge in [-0.05, 0) is 0 Å². The van der Waals surface area contributed by atoms with E-state index >= 15 is 0 Å². The number of aliphatic hydroxyl groups excluding tert-OH is 4. The molecule has 0 amide bonds. The minimum absolute atomic E-state index is 0.764. The lowest BCUT2D eigenvalue weighted by Gasteiger charge is -2.16. The van der Waals surface area contributed by atoms with Gasteiger partial charge in [-0.1, -0.05) is 6.92 Å². The first-order chi connectivity index (χ1) is 6.82. The van der Waals surface area contributed by atoms with Crippen LogP contribution in [-0.4, -0.2) is 62.2 Å². The summed E-state index contributed by atoms with van der Waals surface area (Å²) in [7, 11) is 0. The molecule has 4 atom stereocenters. The fraction of sp³-hybridized carbons (Fsp3) is 0.750. The van der Waals surface area contributed by atoms with E-state index in [0.717, 1.165) is 0 Å². The van der Waals surface area contributed by atoms with Crippen molar-refractivity contribution in [2.45, 2.75) is 30.5 Å². The topological polar surface area (TPSA) is 115 Å². The highest BCUT2D eigenvalue weighted by atomic mass is 32.1. The number of hydrogen-bond donors (Lipinski definition) is 5. The van der Waals surface area contributed by atoms with E-state index in [1.54, 1.807) is 0 Å². The maximum atomic E-state index is 11.1. The molecule has 0 aromatic rings. The summed E-state index contributed by atoms with van der Waals surface area (Å²) < 4.78 is 0. The van der Waals surface area contributed by atoms with Crippen LogP contribution >= 0.6 is 12.6 Å². The van der Waals surface area contributed by atoms with Crippen LogP contribution in [0.4, 0.5) is 0 Å². The highest BCUT2D eigenvalue weighted by Crippen LogP contribution is 2.05. The second-order valence-electron chi connectivity index (χ2n) is 3.11. The Kier molecular flexibility index (Phi) is 5.99. The Bertz CT molecular complexity index is 241. The molecule has 0 bridgehead atoms. The molecule has 0 aromatic carbocycles. The predicted molar refractivity (Wildman–Crippen MR) is 53.6 cm³/mol. The van der Waals surface area contributed by atoms with Crippen molar-refractivity contribution >= 4 is 24.2 Å². The first kappa shape index (κ1) is 14.5. The largest absolute Gasteiger partial charge is 0.394 e. The molecule has 0 saturated heterocycles. The molecule has 0 heterocycles. The maximum absolute atomic E-state index is 11.1. The van der Waals surface area contributed by atoms with Crippen molar-refractivity contribution in [2.75, 3.05) is 6.61 Å². The molecule has 15 heavy (non-hydrogen) atoms. The molecule has 4 N–H and O–H groups in total. The summed E-state index contributed by atoms with van der Waals surface area (Å²) in [5.74, 6) is -2.58. The molecular weight excluding hydrogens is 224 g/mol. The summed E-state index contributed by atoms with van der Waals surface area (Å²) in [6, 6.07) is 0. The van der Waals surface area contributed by atoms with Crippen LogP contribution in [-0.2, 0) is 9.59 Å². The van der Waals surface area contributed by atoms with Gasteiger partial charge in [0.1, 0.15) is 18.3 Å². The van der Waals surface area contributed by atoms with Crippen molar-refractivity contribution in [2.24, 2.45) is 0 Å². The number of thiol groups is 1. The van der Waals surface area contributed by atoms with Gasteiger partial charge < -0.3 is 20.4 Å². The fourth-order valence-electron chi connectivity index (χ4n) is 0.785. The Labute approximate surface area is 91.9 Å². The average Bonchev–Trinajstić information content (AvgIpc) is 2.23. The third-order valence-corrected chi connectivity index (χ3v) is 2.07. The van der Waals surface area contributed by atoms with Crippen LogP contribution in [0.2, 0.25) is 0 Å². The van der Waals surface area contributed by atoms with Gasteiger partial charge in [0, 0.05) is 5.25 Å². The van der Waals surface area contributed by atoms with E-state index in [-0.39, 0.29) is 0 Å². The highest BCUT2D eigenvalue weighted by Gasteiger charge is 2.34. The molecule has 0 fully saturated rings. The van der Waals surface area contributed by atoms with Crippen molar-refractivity contribution in [3.63, 3.8) is 0 Å². The van der Waals surface area contributed by atoms with Gasteiger partial charge in [-0.3, -0.25) is 9.59 Å². The predicted octanol–water partition coefficient (Wildman–Crippen LogP) is -2.48. The van der Waals surface area contributed by atoms with Crippen LogP contribution in [0.25, 0.3) is 0 Å². The van der Waals surface area contributed by atoms with Crippen LogP contribution in [0.1, 0.15) is 6.92 Å². The summed E-state index contributed by atoms with van der Waals surface area (Å²) in [5, 5.41) is 34.8. The lowest BCUT2D eigenvalue weighted by atomic mass is 10.0. The minimum Gasteiger partial charge on any atom is -0.394 e. The fourth-order valence-corrected chi connectivity index (χ4v) is 0.921. The van der Waals surface area contributed by atoms with Crippen LogP contribution in [0, 0.1) is 0 Å². The zero-order chi connectivity index (χ0) is 12.2. The molecule has 7 heteroatoms. The van der Waals surface area contributed by atoms with Gasteiger partial charge in [-0.2, -0.15) is 12.6 Å². The Morgan fingerprint density at radius 2 is 1.53 bits per heavy atom. The lowest BCUT2D eigenvalue weighted by Crippen LogP contribution is -2.45. The second-order valence-corrected chi connectivity index (χ2v) is 3.92. The number of hydrogen-bond acceptors (Lipinski definition) is 7.